The lowest BCUT2D eigenvalue weighted by molar-refractivity contribution is -0.118. The first-order valence-electron chi connectivity index (χ1n) is 7.72. The molecule has 3 rings (SSSR count). The predicted octanol–water partition coefficient (Wildman–Crippen LogP) is 3.59. The molecule has 22 heavy (non-hydrogen) atoms. The van der Waals surface area contributed by atoms with Crippen molar-refractivity contribution in [2.24, 2.45) is 4.99 Å². The maximum atomic E-state index is 12.3. The molecule has 0 aliphatic carbocycles. The number of nitrogens with zero attached hydrogens (tertiary/aromatic N) is 2. The van der Waals surface area contributed by atoms with Gasteiger partial charge >= 0.3 is 0 Å². The molecule has 112 valence electrons. The first-order chi connectivity index (χ1) is 10.7. The Morgan fingerprint density at radius 1 is 1.14 bits per heavy atom. The number of aryl methyl sites for hydroxylation is 1. The molecule has 1 heterocycles. The van der Waals surface area contributed by atoms with Gasteiger partial charge in [0.2, 0.25) is 5.91 Å². The van der Waals surface area contributed by atoms with E-state index in [1.165, 1.54) is 5.56 Å². The number of carbonyl (C=O) groups excluding carboxylic acids is 1. The van der Waals surface area contributed by atoms with Gasteiger partial charge in [-0.05, 0) is 26.0 Å². The van der Waals surface area contributed by atoms with E-state index in [1.807, 2.05) is 36.1 Å². The summed E-state index contributed by atoms with van der Waals surface area (Å²) in [7, 11) is 0. The number of hydrogen-bond acceptors (Lipinski definition) is 2. The smallest absolute Gasteiger partial charge is 0.228 e. The highest BCUT2D eigenvalue weighted by Gasteiger charge is 2.22. The molecule has 0 spiro atoms. The summed E-state index contributed by atoms with van der Waals surface area (Å²) in [5.74, 6) is 0.142. The number of fused-ring (bicyclic) bond motifs is 1. The van der Waals surface area contributed by atoms with Gasteiger partial charge in [-0.15, -0.1) is 0 Å². The molecule has 0 aromatic heterocycles. The second kappa shape index (κ2) is 6.14. The van der Waals surface area contributed by atoms with Gasteiger partial charge in [0.1, 0.15) is 0 Å². The fraction of sp³-hybridized carbons (Fsp3) is 0.263. The number of aliphatic imine (C=N–C) groups is 1. The number of amides is 1. The quantitative estimate of drug-likeness (QED) is 0.832. The molecule has 0 saturated carbocycles. The van der Waals surface area contributed by atoms with E-state index >= 15 is 0 Å². The zero-order valence-corrected chi connectivity index (χ0v) is 13.0. The second-order valence-electron chi connectivity index (χ2n) is 5.50. The molecule has 2 aromatic rings. The summed E-state index contributed by atoms with van der Waals surface area (Å²) in [6, 6.07) is 16.4. The van der Waals surface area contributed by atoms with Crippen molar-refractivity contribution < 1.29 is 4.79 Å². The molecule has 1 aliphatic heterocycles. The van der Waals surface area contributed by atoms with Crippen molar-refractivity contribution >= 4 is 17.3 Å². The fourth-order valence-electron chi connectivity index (χ4n) is 2.88. The Hall–Kier alpha value is -2.42. The van der Waals surface area contributed by atoms with Crippen LogP contribution in [0.2, 0.25) is 0 Å². The highest BCUT2D eigenvalue weighted by atomic mass is 16.2. The maximum absolute atomic E-state index is 12.3. The Morgan fingerprint density at radius 3 is 2.64 bits per heavy atom. The van der Waals surface area contributed by atoms with Crippen molar-refractivity contribution in [2.75, 3.05) is 18.0 Å². The minimum Gasteiger partial charge on any atom is -0.312 e. The van der Waals surface area contributed by atoms with Crippen molar-refractivity contribution in [2.45, 2.75) is 20.3 Å². The monoisotopic (exact) mass is 292 g/mol. The number of rotatable bonds is 2. The highest BCUT2D eigenvalue weighted by Crippen LogP contribution is 2.27. The predicted molar refractivity (Wildman–Crippen MR) is 90.8 cm³/mol. The van der Waals surface area contributed by atoms with Crippen LogP contribution in [0.3, 0.4) is 0 Å². The average Bonchev–Trinajstić information content (AvgIpc) is 2.53. The van der Waals surface area contributed by atoms with Gasteiger partial charge in [-0.2, -0.15) is 0 Å². The molecule has 0 N–H and O–H groups in total. The van der Waals surface area contributed by atoms with Crippen molar-refractivity contribution in [1.82, 2.24) is 0 Å². The van der Waals surface area contributed by atoms with E-state index in [0.29, 0.717) is 19.5 Å². The number of hydrogen-bond donors (Lipinski definition) is 0. The number of carbonyl (C=O) groups is 1. The minimum atomic E-state index is 0.142. The summed E-state index contributed by atoms with van der Waals surface area (Å²) in [6.45, 7) is 5.30. The first kappa shape index (κ1) is 14.5. The summed E-state index contributed by atoms with van der Waals surface area (Å²) in [4.78, 5) is 18.9. The number of anilines is 1. The molecule has 2 aromatic carbocycles. The van der Waals surface area contributed by atoms with Gasteiger partial charge in [-0.3, -0.25) is 9.79 Å². The summed E-state index contributed by atoms with van der Waals surface area (Å²) in [6.07, 6.45) is 0.456. The van der Waals surface area contributed by atoms with Gasteiger partial charge < -0.3 is 4.90 Å². The van der Waals surface area contributed by atoms with Gasteiger partial charge in [0.25, 0.3) is 0 Å². The summed E-state index contributed by atoms with van der Waals surface area (Å²) in [5.41, 5.74) is 5.25. The van der Waals surface area contributed by atoms with E-state index in [0.717, 1.165) is 22.5 Å². The van der Waals surface area contributed by atoms with Crippen molar-refractivity contribution in [3.63, 3.8) is 0 Å². The zero-order chi connectivity index (χ0) is 15.5. The SMILES string of the molecule is CCN1C(=O)CCN=C(c2ccccc2)c2cc(C)ccc21. The molecule has 3 heteroatoms. The Bertz CT molecular complexity index is 719. The van der Waals surface area contributed by atoms with Gasteiger partial charge in [-0.1, -0.05) is 42.0 Å². The summed E-state index contributed by atoms with van der Waals surface area (Å²) >= 11 is 0. The van der Waals surface area contributed by atoms with E-state index in [9.17, 15) is 4.79 Å². The Labute approximate surface area is 131 Å². The van der Waals surface area contributed by atoms with Crippen LogP contribution < -0.4 is 4.90 Å². The van der Waals surface area contributed by atoms with Crippen LogP contribution in [-0.2, 0) is 4.79 Å². The van der Waals surface area contributed by atoms with Crippen LogP contribution in [0.1, 0.15) is 30.0 Å². The van der Waals surface area contributed by atoms with Gasteiger partial charge in [0, 0.05) is 30.6 Å². The molecular weight excluding hydrogens is 272 g/mol. The largest absolute Gasteiger partial charge is 0.312 e. The van der Waals surface area contributed by atoms with Crippen LogP contribution in [0.15, 0.2) is 53.5 Å². The molecule has 0 fully saturated rings. The Morgan fingerprint density at radius 2 is 1.91 bits per heavy atom. The molecule has 0 atom stereocenters. The molecule has 0 unspecified atom stereocenters. The van der Waals surface area contributed by atoms with Crippen molar-refractivity contribution in [1.29, 1.82) is 0 Å². The lowest BCUT2D eigenvalue weighted by Crippen LogP contribution is -2.33. The standard InChI is InChI=1S/C19H20N2O/c1-3-21-17-10-9-14(2)13-16(17)19(20-12-11-18(21)22)15-7-5-4-6-8-15/h4-10,13H,3,11-12H2,1-2H3. The first-order valence-corrected chi connectivity index (χ1v) is 7.72. The van der Waals surface area contributed by atoms with Crippen LogP contribution in [-0.4, -0.2) is 24.7 Å². The highest BCUT2D eigenvalue weighted by molar-refractivity contribution is 6.18. The molecule has 0 radical (unpaired) electrons. The van der Waals surface area contributed by atoms with Crippen molar-refractivity contribution in [3.8, 4) is 0 Å². The third kappa shape index (κ3) is 2.67. The summed E-state index contributed by atoms with van der Waals surface area (Å²) in [5, 5.41) is 0. The van der Waals surface area contributed by atoms with Gasteiger partial charge in [0.05, 0.1) is 11.4 Å². The van der Waals surface area contributed by atoms with Gasteiger partial charge in [0.15, 0.2) is 0 Å². The van der Waals surface area contributed by atoms with Gasteiger partial charge in [-0.25, -0.2) is 0 Å². The molecule has 1 aliphatic rings. The van der Waals surface area contributed by atoms with E-state index in [2.05, 4.69) is 31.2 Å². The molecule has 0 bridgehead atoms. The van der Waals surface area contributed by atoms with E-state index < -0.39 is 0 Å². The topological polar surface area (TPSA) is 32.7 Å². The van der Waals surface area contributed by atoms with Crippen molar-refractivity contribution in [3.05, 3.63) is 65.2 Å². The molecular formula is C19H20N2O. The fourth-order valence-corrected chi connectivity index (χ4v) is 2.88. The van der Waals surface area contributed by atoms with Crippen LogP contribution in [0, 0.1) is 6.92 Å². The van der Waals surface area contributed by atoms with E-state index in [1.54, 1.807) is 0 Å². The third-order valence-corrected chi connectivity index (χ3v) is 3.96. The second-order valence-corrected chi connectivity index (χ2v) is 5.50. The Balaban J connectivity index is 2.21. The minimum absolute atomic E-state index is 0.142. The normalized spacial score (nSPS) is 14.9. The lowest BCUT2D eigenvalue weighted by atomic mass is 9.97. The third-order valence-electron chi connectivity index (χ3n) is 3.96. The average molecular weight is 292 g/mol. The lowest BCUT2D eigenvalue weighted by Gasteiger charge is -2.26. The molecule has 1 amide bonds. The number of benzene rings is 2. The van der Waals surface area contributed by atoms with Crippen LogP contribution >= 0.6 is 0 Å². The summed E-state index contributed by atoms with van der Waals surface area (Å²) < 4.78 is 0. The van der Waals surface area contributed by atoms with E-state index in [4.69, 9.17) is 4.99 Å². The van der Waals surface area contributed by atoms with Crippen LogP contribution in [0.5, 0.6) is 0 Å². The molecule has 3 nitrogen and oxygen atoms in total. The van der Waals surface area contributed by atoms with Crippen LogP contribution in [0.4, 0.5) is 5.69 Å². The maximum Gasteiger partial charge on any atom is 0.228 e. The van der Waals surface area contributed by atoms with Crippen LogP contribution in [0.25, 0.3) is 0 Å². The van der Waals surface area contributed by atoms with E-state index in [-0.39, 0.29) is 5.91 Å². The Kier molecular flexibility index (Phi) is 4.05. The molecule has 0 saturated heterocycles. The zero-order valence-electron chi connectivity index (χ0n) is 13.0.